The molecule has 1 N–H and O–H groups in total. The number of rotatable bonds is 5. The molecule has 0 bridgehead atoms. The molecular weight excluding hydrogens is 302 g/mol. The number of hydrogen-bond donors (Lipinski definition) is 1. The molecular formula is C17H18ClNO3. The number of amides is 1. The van der Waals surface area contributed by atoms with Crippen LogP contribution in [0.2, 0.25) is 5.02 Å². The average Bonchev–Trinajstić information content (AvgIpc) is 2.51. The molecule has 0 saturated carbocycles. The highest BCUT2D eigenvalue weighted by Gasteiger charge is 2.12. The molecule has 2 rings (SSSR count). The first kappa shape index (κ1) is 16.2. The maximum absolute atomic E-state index is 12.4. The molecule has 0 fully saturated rings. The quantitative estimate of drug-likeness (QED) is 0.893. The predicted molar refractivity (Wildman–Crippen MR) is 88.3 cm³/mol. The van der Waals surface area contributed by atoms with Crippen LogP contribution in [0.4, 0.5) is 5.69 Å². The van der Waals surface area contributed by atoms with Gasteiger partial charge in [0.05, 0.1) is 19.4 Å². The van der Waals surface area contributed by atoms with Crippen molar-refractivity contribution in [1.82, 2.24) is 0 Å². The molecule has 116 valence electrons. The van der Waals surface area contributed by atoms with Gasteiger partial charge in [-0.15, -0.1) is 0 Å². The molecule has 0 atom stereocenters. The molecule has 0 heterocycles. The van der Waals surface area contributed by atoms with E-state index < -0.39 is 0 Å². The van der Waals surface area contributed by atoms with Crippen LogP contribution in [-0.4, -0.2) is 19.6 Å². The Labute approximate surface area is 135 Å². The fraction of sp³-hybridized carbons (Fsp3) is 0.235. The number of hydrogen-bond acceptors (Lipinski definition) is 3. The van der Waals surface area contributed by atoms with E-state index in [1.54, 1.807) is 30.3 Å². The van der Waals surface area contributed by atoms with Crippen molar-refractivity contribution in [3.05, 3.63) is 52.5 Å². The number of benzene rings is 2. The number of nitrogens with one attached hydrogen (secondary N) is 1. The van der Waals surface area contributed by atoms with E-state index in [1.807, 2.05) is 19.9 Å². The van der Waals surface area contributed by atoms with Crippen LogP contribution in [0.5, 0.6) is 11.5 Å². The molecule has 0 unspecified atom stereocenters. The average molecular weight is 320 g/mol. The van der Waals surface area contributed by atoms with Gasteiger partial charge in [-0.25, -0.2) is 0 Å². The van der Waals surface area contributed by atoms with Gasteiger partial charge >= 0.3 is 0 Å². The van der Waals surface area contributed by atoms with Crippen molar-refractivity contribution < 1.29 is 14.3 Å². The predicted octanol–water partition coefficient (Wildman–Crippen LogP) is 4.31. The summed E-state index contributed by atoms with van der Waals surface area (Å²) >= 11 is 6.06. The summed E-state index contributed by atoms with van der Waals surface area (Å²) in [5, 5.41) is 3.43. The van der Waals surface area contributed by atoms with Gasteiger partial charge < -0.3 is 14.8 Å². The molecule has 0 radical (unpaired) electrons. The summed E-state index contributed by atoms with van der Waals surface area (Å²) in [5.74, 6) is 0.945. The lowest BCUT2D eigenvalue weighted by atomic mass is 10.1. The van der Waals surface area contributed by atoms with Crippen LogP contribution in [0.1, 0.15) is 22.8 Å². The number of carbonyl (C=O) groups excluding carboxylic acids is 1. The number of anilines is 1. The third-order valence-electron chi connectivity index (χ3n) is 3.14. The Morgan fingerprint density at radius 2 is 2.05 bits per heavy atom. The second-order valence-electron chi connectivity index (χ2n) is 4.72. The van der Waals surface area contributed by atoms with Crippen molar-refractivity contribution in [2.24, 2.45) is 0 Å². The maximum Gasteiger partial charge on any atom is 0.255 e. The highest BCUT2D eigenvalue weighted by atomic mass is 35.5. The van der Waals surface area contributed by atoms with E-state index in [4.69, 9.17) is 21.1 Å². The van der Waals surface area contributed by atoms with Crippen LogP contribution in [-0.2, 0) is 0 Å². The van der Waals surface area contributed by atoms with E-state index in [1.165, 1.54) is 7.11 Å². The minimum Gasteiger partial charge on any atom is -0.495 e. The molecule has 4 nitrogen and oxygen atoms in total. The number of halogens is 1. The number of ether oxygens (including phenoxy) is 2. The Bertz CT molecular complexity index is 686. The van der Waals surface area contributed by atoms with Crippen molar-refractivity contribution in [2.75, 3.05) is 19.0 Å². The molecule has 2 aromatic carbocycles. The van der Waals surface area contributed by atoms with Gasteiger partial charge in [0.1, 0.15) is 11.5 Å². The van der Waals surface area contributed by atoms with Gasteiger partial charge in [-0.05, 0) is 43.7 Å². The van der Waals surface area contributed by atoms with Crippen LogP contribution in [0, 0.1) is 6.92 Å². The van der Waals surface area contributed by atoms with E-state index in [2.05, 4.69) is 5.32 Å². The molecule has 0 aliphatic heterocycles. The monoisotopic (exact) mass is 319 g/mol. The van der Waals surface area contributed by atoms with Gasteiger partial charge in [0.15, 0.2) is 0 Å². The molecule has 22 heavy (non-hydrogen) atoms. The largest absolute Gasteiger partial charge is 0.495 e. The first-order chi connectivity index (χ1) is 10.5. The van der Waals surface area contributed by atoms with Crippen molar-refractivity contribution in [3.8, 4) is 11.5 Å². The Morgan fingerprint density at radius 3 is 2.73 bits per heavy atom. The topological polar surface area (TPSA) is 47.6 Å². The molecule has 0 saturated heterocycles. The van der Waals surface area contributed by atoms with Crippen molar-refractivity contribution in [3.63, 3.8) is 0 Å². The standard InChI is InChI=1S/C17H18ClNO3/c1-4-22-13-7-5-6-12(9-13)17(20)19-15-8-11(2)14(18)10-16(15)21-3/h5-10H,4H2,1-3H3,(H,19,20). The molecule has 0 aromatic heterocycles. The molecule has 1 amide bonds. The van der Waals surface area contributed by atoms with E-state index in [-0.39, 0.29) is 5.91 Å². The summed E-state index contributed by atoms with van der Waals surface area (Å²) < 4.78 is 10.7. The summed E-state index contributed by atoms with van der Waals surface area (Å²) in [5.41, 5.74) is 1.96. The molecule has 0 spiro atoms. The van der Waals surface area contributed by atoms with Gasteiger partial charge in [-0.1, -0.05) is 17.7 Å². The van der Waals surface area contributed by atoms with E-state index in [0.717, 1.165) is 5.56 Å². The number of carbonyl (C=O) groups is 1. The Balaban J connectivity index is 2.25. The lowest BCUT2D eigenvalue weighted by molar-refractivity contribution is 0.102. The maximum atomic E-state index is 12.4. The number of aryl methyl sites for hydroxylation is 1. The Kier molecular flexibility index (Phi) is 5.28. The summed E-state index contributed by atoms with van der Waals surface area (Å²) in [4.78, 5) is 12.4. The molecule has 0 aliphatic carbocycles. The van der Waals surface area contributed by atoms with E-state index >= 15 is 0 Å². The van der Waals surface area contributed by atoms with Crippen LogP contribution >= 0.6 is 11.6 Å². The Hall–Kier alpha value is -2.20. The summed E-state index contributed by atoms with van der Waals surface area (Å²) in [6.45, 7) is 4.32. The fourth-order valence-electron chi connectivity index (χ4n) is 2.02. The van der Waals surface area contributed by atoms with Gasteiger partial charge in [0.2, 0.25) is 0 Å². The number of methoxy groups -OCH3 is 1. The minimum atomic E-state index is -0.235. The lowest BCUT2D eigenvalue weighted by Crippen LogP contribution is -2.13. The highest BCUT2D eigenvalue weighted by molar-refractivity contribution is 6.31. The van der Waals surface area contributed by atoms with Gasteiger partial charge in [0.25, 0.3) is 5.91 Å². The summed E-state index contributed by atoms with van der Waals surface area (Å²) in [6.07, 6.45) is 0. The summed E-state index contributed by atoms with van der Waals surface area (Å²) in [6, 6.07) is 10.5. The van der Waals surface area contributed by atoms with Crippen molar-refractivity contribution in [2.45, 2.75) is 13.8 Å². The molecule has 0 aliphatic rings. The van der Waals surface area contributed by atoms with E-state index in [9.17, 15) is 4.79 Å². The molecule has 5 heteroatoms. The Morgan fingerprint density at radius 1 is 1.27 bits per heavy atom. The van der Waals surface area contributed by atoms with E-state index in [0.29, 0.717) is 34.4 Å². The molecule has 2 aromatic rings. The first-order valence-electron chi connectivity index (χ1n) is 6.93. The van der Waals surface area contributed by atoms with Gasteiger partial charge in [-0.2, -0.15) is 0 Å². The zero-order valence-corrected chi connectivity index (χ0v) is 13.5. The third kappa shape index (κ3) is 3.71. The third-order valence-corrected chi connectivity index (χ3v) is 3.54. The van der Waals surface area contributed by atoms with Crippen LogP contribution < -0.4 is 14.8 Å². The smallest absolute Gasteiger partial charge is 0.255 e. The van der Waals surface area contributed by atoms with Crippen LogP contribution in [0.3, 0.4) is 0 Å². The normalized spacial score (nSPS) is 10.2. The zero-order valence-electron chi connectivity index (χ0n) is 12.8. The SMILES string of the molecule is CCOc1cccc(C(=O)Nc2cc(C)c(Cl)cc2OC)c1. The fourth-order valence-corrected chi connectivity index (χ4v) is 2.17. The second-order valence-corrected chi connectivity index (χ2v) is 5.12. The van der Waals surface area contributed by atoms with Crippen molar-refractivity contribution in [1.29, 1.82) is 0 Å². The minimum absolute atomic E-state index is 0.235. The summed E-state index contributed by atoms with van der Waals surface area (Å²) in [7, 11) is 1.53. The van der Waals surface area contributed by atoms with Crippen molar-refractivity contribution >= 4 is 23.2 Å². The zero-order chi connectivity index (χ0) is 16.1. The van der Waals surface area contributed by atoms with Crippen LogP contribution in [0.15, 0.2) is 36.4 Å². The second kappa shape index (κ2) is 7.18. The first-order valence-corrected chi connectivity index (χ1v) is 7.31. The highest BCUT2D eigenvalue weighted by Crippen LogP contribution is 2.31. The van der Waals surface area contributed by atoms with Gasteiger partial charge in [0, 0.05) is 16.7 Å². The lowest BCUT2D eigenvalue weighted by Gasteiger charge is -2.12. The van der Waals surface area contributed by atoms with Crippen LogP contribution in [0.25, 0.3) is 0 Å². The van der Waals surface area contributed by atoms with Gasteiger partial charge in [-0.3, -0.25) is 4.79 Å².